The highest BCUT2D eigenvalue weighted by Crippen LogP contribution is 1.99. The first-order chi connectivity index (χ1) is 8.67. The van der Waals surface area contributed by atoms with Crippen molar-refractivity contribution in [2.24, 2.45) is 4.99 Å². The van der Waals surface area contributed by atoms with E-state index in [1.54, 1.807) is 6.92 Å². The Bertz CT molecular complexity index is 380. The van der Waals surface area contributed by atoms with Gasteiger partial charge in [-0.3, -0.25) is 0 Å². The lowest BCUT2D eigenvalue weighted by molar-refractivity contribution is 0.387. The molecule has 0 aliphatic carbocycles. The highest BCUT2D eigenvalue weighted by atomic mass is 127. The third-order valence-electron chi connectivity index (χ3n) is 2.48. The SMILES string of the molecule is CCCCN(C)C(=NCc1noc(C)n1)NCC.I. The number of guanidine groups is 1. The van der Waals surface area contributed by atoms with Crippen molar-refractivity contribution in [2.45, 2.75) is 40.2 Å². The van der Waals surface area contributed by atoms with Crippen molar-refractivity contribution in [3.05, 3.63) is 11.7 Å². The van der Waals surface area contributed by atoms with Gasteiger partial charge in [0.2, 0.25) is 5.89 Å². The summed E-state index contributed by atoms with van der Waals surface area (Å²) in [6, 6.07) is 0. The summed E-state index contributed by atoms with van der Waals surface area (Å²) in [6.07, 6.45) is 2.33. The van der Waals surface area contributed by atoms with E-state index in [0.717, 1.165) is 25.5 Å². The minimum Gasteiger partial charge on any atom is -0.357 e. The predicted molar refractivity (Wildman–Crippen MR) is 86.8 cm³/mol. The van der Waals surface area contributed by atoms with Gasteiger partial charge >= 0.3 is 0 Å². The largest absolute Gasteiger partial charge is 0.357 e. The molecule has 0 atom stereocenters. The molecule has 0 aliphatic rings. The molecular formula is C12H24IN5O. The van der Waals surface area contributed by atoms with Gasteiger partial charge in [0.05, 0.1) is 0 Å². The van der Waals surface area contributed by atoms with Crippen LogP contribution in [0.2, 0.25) is 0 Å². The van der Waals surface area contributed by atoms with Gasteiger partial charge in [-0.15, -0.1) is 24.0 Å². The van der Waals surface area contributed by atoms with Crippen molar-refractivity contribution >= 4 is 29.9 Å². The summed E-state index contributed by atoms with van der Waals surface area (Å²) in [5, 5.41) is 7.09. The van der Waals surface area contributed by atoms with Crippen molar-refractivity contribution in [1.82, 2.24) is 20.4 Å². The standard InChI is InChI=1S/C12H23N5O.HI/c1-5-7-8-17(4)12(13-6-2)14-9-11-15-10(3)18-16-11;/h5-9H2,1-4H3,(H,13,14);1H. The molecule has 0 unspecified atom stereocenters. The number of hydrogen-bond acceptors (Lipinski definition) is 4. The first-order valence-corrected chi connectivity index (χ1v) is 6.46. The average molecular weight is 381 g/mol. The van der Waals surface area contributed by atoms with E-state index in [1.807, 2.05) is 7.05 Å². The van der Waals surface area contributed by atoms with Gasteiger partial charge in [0.15, 0.2) is 11.8 Å². The second-order valence-electron chi connectivity index (χ2n) is 4.17. The number of nitrogens with one attached hydrogen (secondary N) is 1. The van der Waals surface area contributed by atoms with Gasteiger partial charge in [0.1, 0.15) is 6.54 Å². The highest BCUT2D eigenvalue weighted by Gasteiger charge is 2.06. The lowest BCUT2D eigenvalue weighted by Crippen LogP contribution is -2.39. The van der Waals surface area contributed by atoms with E-state index in [9.17, 15) is 0 Å². The second kappa shape index (κ2) is 9.99. The molecule has 0 radical (unpaired) electrons. The zero-order valence-electron chi connectivity index (χ0n) is 12.1. The third-order valence-corrected chi connectivity index (χ3v) is 2.48. The van der Waals surface area contributed by atoms with Crippen LogP contribution in [0.15, 0.2) is 9.52 Å². The molecule has 0 saturated carbocycles. The number of aromatic nitrogens is 2. The minimum atomic E-state index is 0. The van der Waals surface area contributed by atoms with E-state index in [2.05, 4.69) is 39.2 Å². The molecule has 0 amide bonds. The molecule has 0 aromatic carbocycles. The van der Waals surface area contributed by atoms with Crippen LogP contribution in [-0.2, 0) is 6.54 Å². The Morgan fingerprint density at radius 1 is 1.42 bits per heavy atom. The van der Waals surface area contributed by atoms with Crippen molar-refractivity contribution in [3.63, 3.8) is 0 Å². The van der Waals surface area contributed by atoms with E-state index < -0.39 is 0 Å². The highest BCUT2D eigenvalue weighted by molar-refractivity contribution is 14.0. The number of hydrogen-bond donors (Lipinski definition) is 1. The Labute approximate surface area is 132 Å². The van der Waals surface area contributed by atoms with Crippen LogP contribution in [0.5, 0.6) is 0 Å². The van der Waals surface area contributed by atoms with Crippen molar-refractivity contribution < 1.29 is 4.52 Å². The molecule has 0 bridgehead atoms. The molecule has 1 aromatic heterocycles. The third kappa shape index (κ3) is 6.74. The molecule has 0 spiro atoms. The van der Waals surface area contributed by atoms with E-state index in [4.69, 9.17) is 4.52 Å². The second-order valence-corrected chi connectivity index (χ2v) is 4.17. The van der Waals surface area contributed by atoms with Crippen LogP contribution in [0.3, 0.4) is 0 Å². The summed E-state index contributed by atoms with van der Waals surface area (Å²) in [6.45, 7) is 8.30. The van der Waals surface area contributed by atoms with Crippen molar-refractivity contribution in [2.75, 3.05) is 20.1 Å². The molecule has 1 aromatic rings. The normalized spacial score (nSPS) is 11.1. The van der Waals surface area contributed by atoms with Crippen molar-refractivity contribution in [1.29, 1.82) is 0 Å². The Morgan fingerprint density at radius 2 is 2.16 bits per heavy atom. The lowest BCUT2D eigenvalue weighted by Gasteiger charge is -2.21. The molecule has 1 N–H and O–H groups in total. The number of rotatable bonds is 6. The first kappa shape index (κ1) is 18.1. The molecule has 0 saturated heterocycles. The van der Waals surface area contributed by atoms with Crippen LogP contribution < -0.4 is 5.32 Å². The number of halogens is 1. The molecule has 7 heteroatoms. The van der Waals surface area contributed by atoms with Crippen LogP contribution in [-0.4, -0.2) is 41.1 Å². The lowest BCUT2D eigenvalue weighted by atomic mass is 10.3. The first-order valence-electron chi connectivity index (χ1n) is 6.46. The molecule has 6 nitrogen and oxygen atoms in total. The summed E-state index contributed by atoms with van der Waals surface area (Å²) >= 11 is 0. The number of nitrogens with zero attached hydrogens (tertiary/aromatic N) is 4. The molecule has 0 aliphatic heterocycles. The van der Waals surface area contributed by atoms with Crippen LogP contribution in [0, 0.1) is 6.92 Å². The summed E-state index contributed by atoms with van der Waals surface area (Å²) < 4.78 is 4.92. The topological polar surface area (TPSA) is 66.5 Å². The maximum absolute atomic E-state index is 4.92. The fourth-order valence-corrected chi connectivity index (χ4v) is 1.52. The van der Waals surface area contributed by atoms with Crippen LogP contribution in [0.1, 0.15) is 38.4 Å². The van der Waals surface area contributed by atoms with Gasteiger partial charge in [0, 0.05) is 27.1 Å². The Kier molecular flexibility index (Phi) is 9.54. The number of aliphatic imine (C=N–C) groups is 1. The summed E-state index contributed by atoms with van der Waals surface area (Å²) in [7, 11) is 2.04. The number of unbranched alkanes of at least 4 members (excludes halogenated alkanes) is 1. The maximum Gasteiger partial charge on any atom is 0.223 e. The molecule has 1 rings (SSSR count). The van der Waals surface area contributed by atoms with E-state index in [1.165, 1.54) is 6.42 Å². The Balaban J connectivity index is 0.00000324. The summed E-state index contributed by atoms with van der Waals surface area (Å²) in [5.41, 5.74) is 0. The zero-order valence-corrected chi connectivity index (χ0v) is 14.5. The molecule has 0 fully saturated rings. The summed E-state index contributed by atoms with van der Waals surface area (Å²) in [4.78, 5) is 10.8. The van der Waals surface area contributed by atoms with Gasteiger partial charge in [-0.25, -0.2) is 4.99 Å². The zero-order chi connectivity index (χ0) is 13.4. The molecule has 1 heterocycles. The van der Waals surface area contributed by atoms with Gasteiger partial charge in [-0.2, -0.15) is 4.98 Å². The van der Waals surface area contributed by atoms with Crippen LogP contribution in [0.4, 0.5) is 0 Å². The molecule has 19 heavy (non-hydrogen) atoms. The minimum absolute atomic E-state index is 0. The quantitative estimate of drug-likeness (QED) is 0.465. The van der Waals surface area contributed by atoms with E-state index in [-0.39, 0.29) is 24.0 Å². The smallest absolute Gasteiger partial charge is 0.223 e. The van der Waals surface area contributed by atoms with E-state index >= 15 is 0 Å². The predicted octanol–water partition coefficient (Wildman–Crippen LogP) is 2.19. The van der Waals surface area contributed by atoms with E-state index in [0.29, 0.717) is 18.3 Å². The monoisotopic (exact) mass is 381 g/mol. The Hall–Kier alpha value is -0.860. The maximum atomic E-state index is 4.92. The molecule has 110 valence electrons. The van der Waals surface area contributed by atoms with Gasteiger partial charge in [-0.05, 0) is 13.3 Å². The number of aryl methyl sites for hydroxylation is 1. The van der Waals surface area contributed by atoms with Gasteiger partial charge in [0.25, 0.3) is 0 Å². The van der Waals surface area contributed by atoms with Gasteiger partial charge < -0.3 is 14.7 Å². The molecular weight excluding hydrogens is 357 g/mol. The van der Waals surface area contributed by atoms with Gasteiger partial charge in [-0.1, -0.05) is 18.5 Å². The summed E-state index contributed by atoms with van der Waals surface area (Å²) in [5.74, 6) is 2.07. The average Bonchev–Trinajstić information content (AvgIpc) is 2.77. The fourth-order valence-electron chi connectivity index (χ4n) is 1.52. The fraction of sp³-hybridized carbons (Fsp3) is 0.750. The Morgan fingerprint density at radius 3 is 2.68 bits per heavy atom. The van der Waals surface area contributed by atoms with Crippen LogP contribution in [0.25, 0.3) is 0 Å². The van der Waals surface area contributed by atoms with Crippen LogP contribution >= 0.6 is 24.0 Å². The van der Waals surface area contributed by atoms with Crippen molar-refractivity contribution in [3.8, 4) is 0 Å².